The molecule has 5 N–H and O–H groups in total. The van der Waals surface area contributed by atoms with Crippen LogP contribution >= 0.6 is 7.82 Å². The summed E-state index contributed by atoms with van der Waals surface area (Å²) in [7, 11) is -4.86. The lowest BCUT2D eigenvalue weighted by Gasteiger charge is -2.19. The monoisotopic (exact) mass is 764 g/mol. The highest BCUT2D eigenvalue weighted by Gasteiger charge is 2.23. The number of ether oxygens (including phenoxy) is 2. The Kier molecular flexibility index (Phi) is 32.6. The van der Waals surface area contributed by atoms with Crippen molar-refractivity contribution >= 4 is 19.8 Å². The summed E-state index contributed by atoms with van der Waals surface area (Å²) in [6.07, 6.45) is 36.5. The fourth-order valence-corrected chi connectivity index (χ4v) is 4.84. The molecule has 0 aliphatic heterocycles. The van der Waals surface area contributed by atoms with Crippen molar-refractivity contribution in [2.24, 2.45) is 0 Å². The normalized spacial score (nSPS) is 15.4. The number of hydrogen-bond donors (Lipinski definition) is 5. The Hall–Kier alpha value is -3.15. The molecule has 0 heterocycles. The Morgan fingerprint density at radius 3 is 1.87 bits per heavy atom. The van der Waals surface area contributed by atoms with Gasteiger partial charge < -0.3 is 34.6 Å². The van der Waals surface area contributed by atoms with Crippen LogP contribution in [0.1, 0.15) is 110 Å². The average Bonchev–Trinajstić information content (AvgIpc) is 3.11. The zero-order chi connectivity index (χ0) is 39.4. The van der Waals surface area contributed by atoms with Crippen molar-refractivity contribution in [2.45, 2.75) is 135 Å². The molecule has 0 aromatic carbocycles. The highest BCUT2D eigenvalue weighted by atomic mass is 31.2. The van der Waals surface area contributed by atoms with Gasteiger partial charge in [0.15, 0.2) is 6.10 Å². The third kappa shape index (κ3) is 35.6. The minimum atomic E-state index is -4.86. The molecule has 0 fully saturated rings. The molecule has 0 saturated heterocycles. The molecular formula is C41H65O11P. The van der Waals surface area contributed by atoms with Gasteiger partial charge >= 0.3 is 19.8 Å². The van der Waals surface area contributed by atoms with Gasteiger partial charge in [-0.2, -0.15) is 0 Å². The van der Waals surface area contributed by atoms with Crippen LogP contribution < -0.4 is 0 Å². The Morgan fingerprint density at radius 2 is 1.25 bits per heavy atom. The number of esters is 2. The van der Waals surface area contributed by atoms with Crippen LogP contribution in [-0.2, 0) is 28.2 Å². The number of rotatable bonds is 32. The third-order valence-corrected chi connectivity index (χ3v) is 7.91. The molecule has 0 aliphatic rings. The van der Waals surface area contributed by atoms with E-state index in [1.165, 1.54) is 25.3 Å². The van der Waals surface area contributed by atoms with Crippen LogP contribution in [-0.4, -0.2) is 74.7 Å². The van der Waals surface area contributed by atoms with E-state index >= 15 is 0 Å². The van der Waals surface area contributed by atoms with E-state index in [4.69, 9.17) is 19.3 Å². The first kappa shape index (κ1) is 49.9. The topological polar surface area (TPSA) is 180 Å². The van der Waals surface area contributed by atoms with Crippen LogP contribution in [0, 0.1) is 0 Å². The summed E-state index contributed by atoms with van der Waals surface area (Å²) in [6.45, 7) is 3.11. The van der Waals surface area contributed by atoms with Crippen LogP contribution in [0.25, 0.3) is 0 Å². The maximum absolute atomic E-state index is 12.4. The van der Waals surface area contributed by atoms with E-state index in [2.05, 4.69) is 47.9 Å². The highest BCUT2D eigenvalue weighted by Crippen LogP contribution is 2.36. The SMILES string of the molecule is CC/C=C\C[C@H](O)/C=C/C=C/C=C\C=C/[C@@H](O)[C@H](O)CCCC(=O)O[C@H](COC(=O)CCCC/C=C\C/C=C\C/C=C\CCCCC)COP(=O)(O)O. The number of unbranched alkanes of at least 4 members (excludes halogenated alkanes) is 5. The smallest absolute Gasteiger partial charge is 0.462 e. The van der Waals surface area contributed by atoms with E-state index < -0.39 is 57.4 Å². The number of carbonyl (C=O) groups excluding carboxylic acids is 2. The van der Waals surface area contributed by atoms with E-state index in [-0.39, 0.29) is 25.7 Å². The van der Waals surface area contributed by atoms with Gasteiger partial charge in [0.25, 0.3) is 0 Å². The molecule has 0 saturated carbocycles. The first-order valence-corrected chi connectivity index (χ1v) is 20.4. The standard InChI is InChI=1S/C41H65O11P/c1-3-5-7-8-9-10-11-12-13-14-15-16-17-22-26-32-40(45)50-34-37(35-51-53(47,48)49)52-41(46)33-27-31-39(44)38(43)30-25-21-19-18-20-24-29-36(42)28-23-6-4-2/h6,9-10,12-13,15-16,18-21,23-25,29-30,36-39,42-44H,3-5,7-8,11,14,17,22,26-28,31-35H2,1-2H3,(H2,47,48,49)/b10-9-,13-12-,16-15-,20-18+,21-19-,23-6-,29-24+,30-25-/t36-,37+,38+,39+/m0/s1. The largest absolute Gasteiger partial charge is 0.469 e. The molecule has 0 aromatic heterocycles. The minimum absolute atomic E-state index is 0.0756. The number of aliphatic hydroxyl groups is 3. The van der Waals surface area contributed by atoms with Crippen molar-refractivity contribution in [1.29, 1.82) is 0 Å². The minimum Gasteiger partial charge on any atom is -0.462 e. The van der Waals surface area contributed by atoms with E-state index in [0.29, 0.717) is 12.8 Å². The lowest BCUT2D eigenvalue weighted by atomic mass is 10.1. The van der Waals surface area contributed by atoms with Gasteiger partial charge in [-0.15, -0.1) is 0 Å². The average molecular weight is 765 g/mol. The Morgan fingerprint density at radius 1 is 0.660 bits per heavy atom. The number of phosphoric acid groups is 1. The van der Waals surface area contributed by atoms with Crippen LogP contribution in [0.2, 0.25) is 0 Å². The van der Waals surface area contributed by atoms with Gasteiger partial charge in [0.1, 0.15) is 6.61 Å². The molecule has 11 nitrogen and oxygen atoms in total. The molecule has 0 unspecified atom stereocenters. The van der Waals surface area contributed by atoms with E-state index in [1.54, 1.807) is 42.5 Å². The number of phosphoric ester groups is 1. The summed E-state index contributed by atoms with van der Waals surface area (Å²) in [4.78, 5) is 42.7. The van der Waals surface area contributed by atoms with E-state index in [0.717, 1.165) is 38.5 Å². The van der Waals surface area contributed by atoms with Crippen LogP contribution in [0.4, 0.5) is 0 Å². The number of allylic oxidation sites excluding steroid dienone is 13. The summed E-state index contributed by atoms with van der Waals surface area (Å²) in [5.74, 6) is -1.28. The lowest BCUT2D eigenvalue weighted by Crippen LogP contribution is -2.29. The van der Waals surface area contributed by atoms with E-state index in [9.17, 15) is 29.5 Å². The Labute approximate surface area is 317 Å². The third-order valence-electron chi connectivity index (χ3n) is 7.43. The van der Waals surface area contributed by atoms with Gasteiger partial charge in [-0.1, -0.05) is 124 Å². The van der Waals surface area contributed by atoms with Crippen molar-refractivity contribution in [3.63, 3.8) is 0 Å². The quantitative estimate of drug-likeness (QED) is 0.0147. The fraction of sp³-hybridized carbons (Fsp3) is 0.561. The van der Waals surface area contributed by atoms with Crippen molar-refractivity contribution in [1.82, 2.24) is 0 Å². The molecule has 0 bridgehead atoms. The number of carbonyl (C=O) groups is 2. The van der Waals surface area contributed by atoms with Crippen molar-refractivity contribution < 1.29 is 53.3 Å². The molecule has 0 rings (SSSR count). The van der Waals surface area contributed by atoms with Gasteiger partial charge in [-0.05, 0) is 70.6 Å². The molecule has 53 heavy (non-hydrogen) atoms. The first-order valence-electron chi connectivity index (χ1n) is 18.9. The molecule has 12 heteroatoms. The molecule has 0 aromatic rings. The maximum Gasteiger partial charge on any atom is 0.469 e. The summed E-state index contributed by atoms with van der Waals surface area (Å²) < 4.78 is 26.1. The van der Waals surface area contributed by atoms with Gasteiger partial charge in [0.05, 0.1) is 24.9 Å². The predicted octanol–water partition coefficient (Wildman–Crippen LogP) is 7.97. The van der Waals surface area contributed by atoms with Crippen molar-refractivity contribution in [3.8, 4) is 0 Å². The first-order chi connectivity index (χ1) is 25.5. The fourth-order valence-electron chi connectivity index (χ4n) is 4.48. The van der Waals surface area contributed by atoms with Crippen LogP contribution in [0.5, 0.6) is 0 Å². The van der Waals surface area contributed by atoms with Gasteiger partial charge in [-0.25, -0.2) is 4.57 Å². The highest BCUT2D eigenvalue weighted by molar-refractivity contribution is 7.46. The van der Waals surface area contributed by atoms with Crippen LogP contribution in [0.3, 0.4) is 0 Å². The van der Waals surface area contributed by atoms with Gasteiger partial charge in [0, 0.05) is 12.8 Å². The molecule has 0 radical (unpaired) electrons. The maximum atomic E-state index is 12.4. The van der Waals surface area contributed by atoms with Gasteiger partial charge in [-0.3, -0.25) is 14.1 Å². The molecule has 4 atom stereocenters. The lowest BCUT2D eigenvalue weighted by molar-refractivity contribution is -0.161. The molecular weight excluding hydrogens is 699 g/mol. The van der Waals surface area contributed by atoms with Gasteiger partial charge in [0.2, 0.25) is 0 Å². The summed E-state index contributed by atoms with van der Waals surface area (Å²) in [6, 6.07) is 0. The van der Waals surface area contributed by atoms with Crippen LogP contribution in [0.15, 0.2) is 97.2 Å². The second-order valence-corrected chi connectivity index (χ2v) is 13.6. The Balaban J connectivity index is 4.43. The summed E-state index contributed by atoms with van der Waals surface area (Å²) in [5.41, 5.74) is 0. The molecule has 0 aliphatic carbocycles. The predicted molar refractivity (Wildman–Crippen MR) is 211 cm³/mol. The molecule has 0 amide bonds. The second kappa shape index (κ2) is 34.6. The van der Waals surface area contributed by atoms with E-state index in [1.807, 2.05) is 19.1 Å². The zero-order valence-electron chi connectivity index (χ0n) is 31.7. The number of hydrogen-bond acceptors (Lipinski definition) is 9. The van der Waals surface area contributed by atoms with Crippen molar-refractivity contribution in [2.75, 3.05) is 13.2 Å². The van der Waals surface area contributed by atoms with Crippen molar-refractivity contribution in [3.05, 3.63) is 97.2 Å². The summed E-state index contributed by atoms with van der Waals surface area (Å²) in [5, 5.41) is 30.2. The molecule has 0 spiro atoms. The Bertz CT molecular complexity index is 1230. The zero-order valence-corrected chi connectivity index (χ0v) is 32.6. The molecule has 300 valence electrons. The number of aliphatic hydroxyl groups excluding tert-OH is 3. The summed E-state index contributed by atoms with van der Waals surface area (Å²) >= 11 is 0. The second-order valence-electron chi connectivity index (χ2n) is 12.4.